The Bertz CT molecular complexity index is 945. The molecule has 0 saturated carbocycles. The van der Waals surface area contributed by atoms with Gasteiger partial charge in [-0.3, -0.25) is 0 Å². The van der Waals surface area contributed by atoms with Crippen molar-refractivity contribution in [2.75, 3.05) is 13.7 Å². The summed E-state index contributed by atoms with van der Waals surface area (Å²) in [5.74, 6) is 0. The van der Waals surface area contributed by atoms with Gasteiger partial charge in [-0.05, 0) is 48.3 Å². The zero-order valence-electron chi connectivity index (χ0n) is 18.0. The number of benzene rings is 2. The van der Waals surface area contributed by atoms with Crippen LogP contribution in [0.3, 0.4) is 0 Å². The highest BCUT2D eigenvalue weighted by molar-refractivity contribution is 5.79. The van der Waals surface area contributed by atoms with Gasteiger partial charge in [-0.1, -0.05) is 64.1 Å². The second kappa shape index (κ2) is 8.00. The molecule has 0 aliphatic carbocycles. The molecule has 1 aromatic heterocycles. The molecule has 3 rings (SSSR count). The lowest BCUT2D eigenvalue weighted by Gasteiger charge is -2.41. The fourth-order valence-corrected chi connectivity index (χ4v) is 3.56. The fourth-order valence-electron chi connectivity index (χ4n) is 3.56. The first-order valence-electron chi connectivity index (χ1n) is 10.1. The van der Waals surface area contributed by atoms with Crippen LogP contribution >= 0.6 is 0 Å². The van der Waals surface area contributed by atoms with Crippen molar-refractivity contribution >= 4 is 11.0 Å². The molecule has 3 heteroatoms. The molecule has 0 amide bonds. The Kier molecular flexibility index (Phi) is 5.85. The number of fused-ring (bicyclic) bond motifs is 1. The molecule has 0 atom stereocenters. The van der Waals surface area contributed by atoms with Crippen LogP contribution in [-0.2, 0) is 11.2 Å². The highest BCUT2D eigenvalue weighted by Crippen LogP contribution is 2.42. The molecule has 0 fully saturated rings. The summed E-state index contributed by atoms with van der Waals surface area (Å²) in [5, 5.41) is 0. The van der Waals surface area contributed by atoms with Crippen molar-refractivity contribution in [1.82, 2.24) is 9.97 Å². The highest BCUT2D eigenvalue weighted by Gasteiger charge is 2.36. The molecule has 148 valence electrons. The summed E-state index contributed by atoms with van der Waals surface area (Å²) in [6.45, 7) is 12.1. The van der Waals surface area contributed by atoms with E-state index in [2.05, 4.69) is 58.0 Å². The molecule has 0 N–H and O–H groups in total. The van der Waals surface area contributed by atoms with Crippen LogP contribution in [0.4, 0.5) is 0 Å². The van der Waals surface area contributed by atoms with Crippen LogP contribution in [0.2, 0.25) is 0 Å². The first-order chi connectivity index (χ1) is 13.2. The SMILES string of the molecule is COCC(C)(C)C(C)(C)CCc1ccc2nc(-c3ccccc3)c(C)nc2c1. The molecule has 0 radical (unpaired) electrons. The van der Waals surface area contributed by atoms with E-state index in [0.29, 0.717) is 0 Å². The molecule has 0 aliphatic heterocycles. The van der Waals surface area contributed by atoms with Crippen LogP contribution in [0.15, 0.2) is 48.5 Å². The number of ether oxygens (including phenoxy) is 1. The Hall–Kier alpha value is -2.26. The smallest absolute Gasteiger partial charge is 0.0922 e. The van der Waals surface area contributed by atoms with Gasteiger partial charge in [0.15, 0.2) is 0 Å². The molecule has 28 heavy (non-hydrogen) atoms. The van der Waals surface area contributed by atoms with E-state index in [1.54, 1.807) is 7.11 Å². The van der Waals surface area contributed by atoms with Gasteiger partial charge >= 0.3 is 0 Å². The number of nitrogens with zero attached hydrogens (tertiary/aromatic N) is 2. The Balaban J connectivity index is 1.83. The van der Waals surface area contributed by atoms with Gasteiger partial charge in [0, 0.05) is 12.7 Å². The van der Waals surface area contributed by atoms with E-state index in [0.717, 1.165) is 47.4 Å². The highest BCUT2D eigenvalue weighted by atomic mass is 16.5. The molecule has 3 aromatic rings. The molecule has 0 saturated heterocycles. The molecule has 0 bridgehead atoms. The third-order valence-electron chi connectivity index (χ3n) is 6.33. The summed E-state index contributed by atoms with van der Waals surface area (Å²) in [7, 11) is 1.78. The van der Waals surface area contributed by atoms with E-state index >= 15 is 0 Å². The van der Waals surface area contributed by atoms with Gasteiger partial charge in [0.1, 0.15) is 0 Å². The van der Waals surface area contributed by atoms with Crippen LogP contribution < -0.4 is 0 Å². The molecule has 0 aliphatic rings. The molecule has 2 aromatic carbocycles. The van der Waals surface area contributed by atoms with Crippen molar-refractivity contribution in [3.8, 4) is 11.3 Å². The number of rotatable bonds is 7. The number of aromatic nitrogens is 2. The Morgan fingerprint density at radius 3 is 2.25 bits per heavy atom. The normalized spacial score (nSPS) is 12.5. The third-order valence-corrected chi connectivity index (χ3v) is 6.33. The van der Waals surface area contributed by atoms with Crippen molar-refractivity contribution in [2.24, 2.45) is 10.8 Å². The van der Waals surface area contributed by atoms with E-state index in [4.69, 9.17) is 14.7 Å². The van der Waals surface area contributed by atoms with Crippen LogP contribution in [-0.4, -0.2) is 23.7 Å². The number of methoxy groups -OCH3 is 1. The summed E-state index contributed by atoms with van der Waals surface area (Å²) in [6, 6.07) is 16.8. The molecule has 0 spiro atoms. The predicted octanol–water partition coefficient (Wildman–Crippen LogP) is 6.24. The molecule has 3 nitrogen and oxygen atoms in total. The average molecular weight is 377 g/mol. The number of hydrogen-bond acceptors (Lipinski definition) is 3. The van der Waals surface area contributed by atoms with Gasteiger partial charge < -0.3 is 4.74 Å². The van der Waals surface area contributed by atoms with E-state index in [1.165, 1.54) is 5.56 Å². The van der Waals surface area contributed by atoms with Crippen molar-refractivity contribution in [2.45, 2.75) is 47.5 Å². The first-order valence-corrected chi connectivity index (χ1v) is 10.1. The van der Waals surface area contributed by atoms with E-state index < -0.39 is 0 Å². The second-order valence-corrected chi connectivity index (χ2v) is 9.05. The summed E-state index contributed by atoms with van der Waals surface area (Å²) in [5.41, 5.74) is 6.59. The summed E-state index contributed by atoms with van der Waals surface area (Å²) in [4.78, 5) is 9.73. The lowest BCUT2D eigenvalue weighted by atomic mass is 9.65. The van der Waals surface area contributed by atoms with Crippen LogP contribution in [0.1, 0.15) is 45.4 Å². The summed E-state index contributed by atoms with van der Waals surface area (Å²) in [6.07, 6.45) is 2.13. The maximum atomic E-state index is 5.45. The topological polar surface area (TPSA) is 35.0 Å². The minimum atomic E-state index is 0.125. The van der Waals surface area contributed by atoms with Gasteiger partial charge in [0.2, 0.25) is 0 Å². The van der Waals surface area contributed by atoms with Crippen LogP contribution in [0.25, 0.3) is 22.3 Å². The van der Waals surface area contributed by atoms with Crippen molar-refractivity contribution < 1.29 is 4.74 Å². The molecular weight excluding hydrogens is 344 g/mol. The lowest BCUT2D eigenvalue weighted by molar-refractivity contribution is 0.00780. The maximum absolute atomic E-state index is 5.45. The Labute approximate surface area is 169 Å². The van der Waals surface area contributed by atoms with E-state index in [1.807, 2.05) is 25.1 Å². The summed E-state index contributed by atoms with van der Waals surface area (Å²) >= 11 is 0. The second-order valence-electron chi connectivity index (χ2n) is 9.05. The monoisotopic (exact) mass is 376 g/mol. The number of aryl methyl sites for hydroxylation is 2. The maximum Gasteiger partial charge on any atom is 0.0922 e. The predicted molar refractivity (Wildman–Crippen MR) is 117 cm³/mol. The average Bonchev–Trinajstić information content (AvgIpc) is 2.66. The first kappa shape index (κ1) is 20.5. The van der Waals surface area contributed by atoms with Crippen molar-refractivity contribution in [3.63, 3.8) is 0 Å². The summed E-state index contributed by atoms with van der Waals surface area (Å²) < 4.78 is 5.45. The Morgan fingerprint density at radius 2 is 1.57 bits per heavy atom. The minimum absolute atomic E-state index is 0.125. The molecule has 0 unspecified atom stereocenters. The molecular formula is C25H32N2O. The zero-order chi connectivity index (χ0) is 20.4. The van der Waals surface area contributed by atoms with Crippen LogP contribution in [0.5, 0.6) is 0 Å². The van der Waals surface area contributed by atoms with Gasteiger partial charge in [-0.25, -0.2) is 9.97 Å². The minimum Gasteiger partial charge on any atom is -0.384 e. The van der Waals surface area contributed by atoms with Gasteiger partial charge in [-0.15, -0.1) is 0 Å². The van der Waals surface area contributed by atoms with Crippen molar-refractivity contribution in [3.05, 3.63) is 59.8 Å². The third kappa shape index (κ3) is 4.25. The fraction of sp³-hybridized carbons (Fsp3) is 0.440. The van der Waals surface area contributed by atoms with E-state index in [-0.39, 0.29) is 10.8 Å². The zero-order valence-corrected chi connectivity index (χ0v) is 18.0. The lowest BCUT2D eigenvalue weighted by Crippen LogP contribution is -2.36. The Morgan fingerprint density at radius 1 is 0.857 bits per heavy atom. The quantitative estimate of drug-likeness (QED) is 0.490. The van der Waals surface area contributed by atoms with E-state index in [9.17, 15) is 0 Å². The number of hydrogen-bond donors (Lipinski definition) is 0. The van der Waals surface area contributed by atoms with Gasteiger partial charge in [0.25, 0.3) is 0 Å². The van der Waals surface area contributed by atoms with Crippen LogP contribution in [0, 0.1) is 17.8 Å². The van der Waals surface area contributed by atoms with Gasteiger partial charge in [0.05, 0.1) is 29.0 Å². The molecule has 1 heterocycles. The van der Waals surface area contributed by atoms with Gasteiger partial charge in [-0.2, -0.15) is 0 Å². The van der Waals surface area contributed by atoms with Crippen molar-refractivity contribution in [1.29, 1.82) is 0 Å². The largest absolute Gasteiger partial charge is 0.384 e. The standard InChI is InChI=1S/C25H32N2O/c1-18-23(20-10-8-7-9-11-20)27-21-13-12-19(16-22(21)26-18)14-15-24(2,3)25(4,5)17-28-6/h7-13,16H,14-15,17H2,1-6H3.